The average molecular weight is 491 g/mol. The summed E-state index contributed by atoms with van der Waals surface area (Å²) in [5, 5.41) is 10.2. The monoisotopic (exact) mass is 490 g/mol. The molecule has 0 saturated carbocycles. The maximum Gasteiger partial charge on any atom is 0.355 e. The molecule has 2 heterocycles. The number of nitrogens with two attached hydrogens (primary N) is 1. The van der Waals surface area contributed by atoms with Gasteiger partial charge >= 0.3 is 11.9 Å². The molecule has 0 bridgehead atoms. The number of carbonyl (C=O) groups excluding carboxylic acids is 2. The van der Waals surface area contributed by atoms with Gasteiger partial charge < -0.3 is 20.1 Å². The zero-order valence-electron chi connectivity index (χ0n) is 20.2. The van der Waals surface area contributed by atoms with Gasteiger partial charge in [-0.2, -0.15) is 5.26 Å². The van der Waals surface area contributed by atoms with Crippen LogP contribution in [0.1, 0.15) is 30.7 Å². The molecule has 0 amide bonds. The second-order valence-corrected chi connectivity index (χ2v) is 8.52. The third-order valence-electron chi connectivity index (χ3n) is 6.49. The lowest BCUT2D eigenvalue weighted by Gasteiger charge is -2.39. The number of halogens is 1. The van der Waals surface area contributed by atoms with Crippen molar-refractivity contribution in [3.8, 4) is 6.07 Å². The fourth-order valence-electron chi connectivity index (χ4n) is 4.84. The van der Waals surface area contributed by atoms with Gasteiger partial charge in [0.1, 0.15) is 17.3 Å². The molecule has 0 radical (unpaired) electrons. The van der Waals surface area contributed by atoms with E-state index < -0.39 is 23.7 Å². The molecule has 0 aliphatic carbocycles. The van der Waals surface area contributed by atoms with E-state index in [1.807, 2.05) is 0 Å². The van der Waals surface area contributed by atoms with E-state index >= 15 is 0 Å². The third-order valence-corrected chi connectivity index (χ3v) is 6.49. The fraction of sp³-hybridized carbons (Fsp3) is 0.296. The second kappa shape index (κ2) is 10.5. The van der Waals surface area contributed by atoms with Crippen LogP contribution in [0, 0.1) is 17.1 Å². The molecule has 8 nitrogen and oxygen atoms in total. The molecule has 2 aliphatic rings. The first-order chi connectivity index (χ1) is 17.4. The number of nitrogens with zero attached hydrogens (tertiary/aromatic N) is 3. The number of anilines is 2. The number of methoxy groups -OCH3 is 2. The summed E-state index contributed by atoms with van der Waals surface area (Å²) in [6.45, 7) is 1.46. The lowest BCUT2D eigenvalue weighted by Crippen LogP contribution is -2.42. The zero-order valence-corrected chi connectivity index (χ0v) is 20.2. The van der Waals surface area contributed by atoms with Gasteiger partial charge in [-0.3, -0.25) is 4.90 Å². The molecule has 1 fully saturated rings. The molecule has 186 valence electrons. The standard InChI is InChI=1S/C27H27FN4O4/c1-35-26(33)23-22(17-9-5-3-6-10-17)19(16-29)25(30)32(24(23)27(34)36-2)21-15-18(28)11-12-20(21)31-13-7-4-8-14-31/h3,5-6,9-12,15,22H,4,7-8,13-14,30H2,1-2H3. The Labute approximate surface area is 209 Å². The number of nitriles is 1. The van der Waals surface area contributed by atoms with Crippen LogP contribution in [-0.2, 0) is 19.1 Å². The van der Waals surface area contributed by atoms with Crippen molar-refractivity contribution in [3.05, 3.63) is 82.6 Å². The normalized spacial score (nSPS) is 18.1. The molecule has 1 atom stereocenters. The molecule has 1 unspecified atom stereocenters. The minimum Gasteiger partial charge on any atom is -0.466 e. The predicted octanol–water partition coefficient (Wildman–Crippen LogP) is 3.71. The van der Waals surface area contributed by atoms with Crippen LogP contribution in [0.25, 0.3) is 0 Å². The van der Waals surface area contributed by atoms with E-state index in [0.29, 0.717) is 11.3 Å². The lowest BCUT2D eigenvalue weighted by molar-refractivity contribution is -0.139. The predicted molar refractivity (Wildman–Crippen MR) is 132 cm³/mol. The van der Waals surface area contributed by atoms with Gasteiger partial charge in [0.15, 0.2) is 0 Å². The number of piperidine rings is 1. The highest BCUT2D eigenvalue weighted by Gasteiger charge is 2.43. The molecule has 1 saturated heterocycles. The Morgan fingerprint density at radius 1 is 1.00 bits per heavy atom. The first-order valence-corrected chi connectivity index (χ1v) is 11.6. The van der Waals surface area contributed by atoms with Gasteiger partial charge in [0, 0.05) is 19.2 Å². The van der Waals surface area contributed by atoms with E-state index in [1.165, 1.54) is 31.3 Å². The van der Waals surface area contributed by atoms with Gasteiger partial charge in [-0.15, -0.1) is 0 Å². The SMILES string of the molecule is COC(=O)C1=C(C(=O)OC)N(c2cc(F)ccc2N2CCCCC2)C(N)=C(C#N)C1c1ccccc1. The zero-order chi connectivity index (χ0) is 25.8. The fourth-order valence-corrected chi connectivity index (χ4v) is 4.84. The van der Waals surface area contributed by atoms with Crippen LogP contribution in [0.4, 0.5) is 15.8 Å². The summed E-state index contributed by atoms with van der Waals surface area (Å²) >= 11 is 0. The van der Waals surface area contributed by atoms with Gasteiger partial charge in [-0.25, -0.2) is 14.0 Å². The quantitative estimate of drug-likeness (QED) is 0.632. The minimum absolute atomic E-state index is 0.0307. The summed E-state index contributed by atoms with van der Waals surface area (Å²) in [7, 11) is 2.36. The lowest BCUT2D eigenvalue weighted by atomic mass is 9.81. The molecule has 0 aromatic heterocycles. The van der Waals surface area contributed by atoms with Gasteiger partial charge in [0.25, 0.3) is 0 Å². The highest BCUT2D eigenvalue weighted by Crippen LogP contribution is 2.45. The summed E-state index contributed by atoms with van der Waals surface area (Å²) in [6, 6.07) is 15.0. The summed E-state index contributed by atoms with van der Waals surface area (Å²) in [4.78, 5) is 29.8. The van der Waals surface area contributed by atoms with Crippen LogP contribution in [0.5, 0.6) is 0 Å². The van der Waals surface area contributed by atoms with Crippen molar-refractivity contribution >= 4 is 23.3 Å². The Bertz CT molecular complexity index is 1280. The summed E-state index contributed by atoms with van der Waals surface area (Å²) < 4.78 is 24.8. The number of hydrogen-bond donors (Lipinski definition) is 1. The number of carbonyl (C=O) groups is 2. The first-order valence-electron chi connectivity index (χ1n) is 11.6. The van der Waals surface area contributed by atoms with Crippen LogP contribution in [-0.4, -0.2) is 39.2 Å². The second-order valence-electron chi connectivity index (χ2n) is 8.52. The van der Waals surface area contributed by atoms with Crippen molar-refractivity contribution in [2.24, 2.45) is 5.73 Å². The maximum absolute atomic E-state index is 14.7. The largest absolute Gasteiger partial charge is 0.466 e. The van der Waals surface area contributed by atoms with Crippen LogP contribution in [0.3, 0.4) is 0 Å². The van der Waals surface area contributed by atoms with Crippen LogP contribution >= 0.6 is 0 Å². The molecule has 0 spiro atoms. The Kier molecular flexibility index (Phi) is 7.25. The number of hydrogen-bond acceptors (Lipinski definition) is 8. The Balaban J connectivity index is 2.05. The Morgan fingerprint density at radius 3 is 2.28 bits per heavy atom. The molecule has 2 aromatic rings. The Morgan fingerprint density at radius 2 is 1.67 bits per heavy atom. The van der Waals surface area contributed by atoms with Gasteiger partial charge in [0.05, 0.1) is 48.7 Å². The molecular formula is C27H27FN4O4. The highest BCUT2D eigenvalue weighted by molar-refractivity contribution is 6.07. The van der Waals surface area contributed by atoms with E-state index in [9.17, 15) is 19.2 Å². The maximum atomic E-state index is 14.7. The van der Waals surface area contributed by atoms with Crippen molar-refractivity contribution in [2.45, 2.75) is 25.2 Å². The van der Waals surface area contributed by atoms with Crippen molar-refractivity contribution in [1.82, 2.24) is 0 Å². The van der Waals surface area contributed by atoms with Crippen LogP contribution < -0.4 is 15.5 Å². The van der Waals surface area contributed by atoms with Crippen molar-refractivity contribution < 1.29 is 23.5 Å². The number of esters is 2. The van der Waals surface area contributed by atoms with Crippen molar-refractivity contribution in [2.75, 3.05) is 37.1 Å². The molecule has 2 aromatic carbocycles. The van der Waals surface area contributed by atoms with Crippen molar-refractivity contribution in [3.63, 3.8) is 0 Å². The molecule has 9 heteroatoms. The van der Waals surface area contributed by atoms with Crippen LogP contribution in [0.15, 0.2) is 71.2 Å². The first kappa shape index (κ1) is 24.8. The summed E-state index contributed by atoms with van der Waals surface area (Å²) in [6.07, 6.45) is 2.99. The van der Waals surface area contributed by atoms with E-state index in [-0.39, 0.29) is 28.4 Å². The van der Waals surface area contributed by atoms with Gasteiger partial charge in [-0.05, 0) is 37.0 Å². The van der Waals surface area contributed by atoms with Gasteiger partial charge in [0.2, 0.25) is 0 Å². The van der Waals surface area contributed by atoms with E-state index in [4.69, 9.17) is 15.2 Å². The average Bonchev–Trinajstić information content (AvgIpc) is 2.92. The van der Waals surface area contributed by atoms with Crippen molar-refractivity contribution in [1.29, 1.82) is 5.26 Å². The third kappa shape index (κ3) is 4.38. The molecule has 36 heavy (non-hydrogen) atoms. The highest BCUT2D eigenvalue weighted by atomic mass is 19.1. The summed E-state index contributed by atoms with van der Waals surface area (Å²) in [5.41, 5.74) is 7.69. The number of benzene rings is 2. The van der Waals surface area contributed by atoms with Gasteiger partial charge in [-0.1, -0.05) is 30.3 Å². The minimum atomic E-state index is -0.985. The number of rotatable bonds is 5. The Hall–Kier alpha value is -4.32. The molecular weight excluding hydrogens is 463 g/mol. The number of ether oxygens (including phenoxy) is 2. The van der Waals surface area contributed by atoms with Crippen LogP contribution in [0.2, 0.25) is 0 Å². The smallest absolute Gasteiger partial charge is 0.355 e. The molecule has 4 rings (SSSR count). The van der Waals surface area contributed by atoms with E-state index in [0.717, 1.165) is 32.4 Å². The van der Waals surface area contributed by atoms with E-state index in [2.05, 4.69) is 11.0 Å². The molecule has 2 N–H and O–H groups in total. The molecule has 2 aliphatic heterocycles. The summed E-state index contributed by atoms with van der Waals surface area (Å²) in [5.74, 6) is -3.34. The van der Waals surface area contributed by atoms with E-state index in [1.54, 1.807) is 36.4 Å². The topological polar surface area (TPSA) is 109 Å². The number of allylic oxidation sites excluding steroid dienone is 1.